The molecule has 0 radical (unpaired) electrons. The number of carbonyl (C=O) groups is 2. The maximum Gasteiger partial charge on any atom is 0.472 e. The van der Waals surface area contributed by atoms with E-state index >= 15 is 0 Å². The van der Waals surface area contributed by atoms with Gasteiger partial charge in [-0.15, -0.1) is 0 Å². The van der Waals surface area contributed by atoms with Crippen molar-refractivity contribution in [1.82, 2.24) is 0 Å². The van der Waals surface area contributed by atoms with Crippen LogP contribution >= 0.6 is 7.82 Å². The monoisotopic (exact) mass is 921 g/mol. The van der Waals surface area contributed by atoms with E-state index in [2.05, 4.69) is 62.5 Å². The number of aliphatic hydroxyl groups is 6. The van der Waals surface area contributed by atoms with Crippen LogP contribution in [0, 0.1) is 0 Å². The van der Waals surface area contributed by atoms with Crippen molar-refractivity contribution >= 4 is 19.8 Å². The third-order valence-corrected chi connectivity index (χ3v) is 10.7. The lowest BCUT2D eigenvalue weighted by Gasteiger charge is -2.41. The fraction of sp³-hybridized carbons (Fsp3) is 0.592. The molecule has 1 aliphatic carbocycles. The molecule has 0 aromatic carbocycles. The molecule has 64 heavy (non-hydrogen) atoms. The molecular formula is C49H77O14P. The second kappa shape index (κ2) is 37.7. The minimum Gasteiger partial charge on any atom is -0.462 e. The van der Waals surface area contributed by atoms with Crippen LogP contribution in [0.1, 0.15) is 123 Å². The molecule has 0 spiro atoms. The number of ether oxygens (including phenoxy) is 2. The molecule has 0 aliphatic heterocycles. The van der Waals surface area contributed by atoms with E-state index in [9.17, 15) is 49.7 Å². The third kappa shape index (κ3) is 29.8. The van der Waals surface area contributed by atoms with Crippen molar-refractivity contribution in [1.29, 1.82) is 0 Å². The number of allylic oxidation sites excluding steroid dienone is 16. The quantitative estimate of drug-likeness (QED) is 0.0106. The van der Waals surface area contributed by atoms with Crippen LogP contribution in [0.5, 0.6) is 0 Å². The Bertz CT molecular complexity index is 1550. The smallest absolute Gasteiger partial charge is 0.462 e. The number of carbonyl (C=O) groups excluding carboxylic acids is 2. The summed E-state index contributed by atoms with van der Waals surface area (Å²) in [6.07, 6.45) is 34.6. The van der Waals surface area contributed by atoms with Crippen molar-refractivity contribution < 1.29 is 68.2 Å². The summed E-state index contributed by atoms with van der Waals surface area (Å²) in [5.41, 5.74) is 0. The van der Waals surface area contributed by atoms with Gasteiger partial charge in [-0.05, 0) is 77.0 Å². The summed E-state index contributed by atoms with van der Waals surface area (Å²) in [7, 11) is -5.16. The first-order chi connectivity index (χ1) is 30.8. The fourth-order valence-electron chi connectivity index (χ4n) is 6.06. The van der Waals surface area contributed by atoms with Crippen molar-refractivity contribution in [3.63, 3.8) is 0 Å². The second-order valence-corrected chi connectivity index (χ2v) is 16.7. The van der Waals surface area contributed by atoms with Crippen LogP contribution in [-0.2, 0) is 32.7 Å². The molecule has 1 aliphatic rings. The van der Waals surface area contributed by atoms with Crippen molar-refractivity contribution in [2.75, 3.05) is 13.2 Å². The highest BCUT2D eigenvalue weighted by Crippen LogP contribution is 2.47. The summed E-state index contributed by atoms with van der Waals surface area (Å²) in [6.45, 7) is 2.90. The molecule has 1 fully saturated rings. The summed E-state index contributed by atoms with van der Waals surface area (Å²) in [5.74, 6) is -1.26. The molecule has 0 aromatic rings. The molecule has 0 bridgehead atoms. The van der Waals surface area contributed by atoms with Crippen LogP contribution in [-0.4, -0.2) is 110 Å². The van der Waals surface area contributed by atoms with E-state index in [1.165, 1.54) is 0 Å². The number of esters is 2. The molecule has 4 unspecified atom stereocenters. The molecule has 0 amide bonds. The third-order valence-electron chi connectivity index (χ3n) is 9.70. The van der Waals surface area contributed by atoms with Gasteiger partial charge in [0.25, 0.3) is 0 Å². The predicted octanol–water partition coefficient (Wildman–Crippen LogP) is 7.80. The standard InChI is InChI=1S/C49H77O14P/c1-3-5-7-9-11-12-13-14-15-16-17-22-25-29-33-37-43(52)62-41(39-61-64(58,59)63-49-47(56)45(54)44(53)46(55)48(49)57)38-60-42(51)36-32-28-24-21-19-18-20-23-27-31-35-40(50)34-30-26-10-8-6-4-2/h5-8,11-12,14-15,18-19,23-24,26-28,30-31,35,40-41,44-50,53-57H,3-4,9-10,13,16-17,20-22,25,29,32-34,36-39H2,1-2H3,(H,58,59)/b7-5-,8-6-,12-11-,15-14-,19-18-,27-23-,28-24-,30-26-,35-31+/t40?,41-,44?,45-,46+,47-,48-,49?/m1/s1. The summed E-state index contributed by atoms with van der Waals surface area (Å²) in [5, 5.41) is 60.1. The minimum absolute atomic E-state index is 0.00764. The molecule has 7 N–H and O–H groups in total. The van der Waals surface area contributed by atoms with Gasteiger partial charge in [0.1, 0.15) is 43.2 Å². The van der Waals surface area contributed by atoms with Gasteiger partial charge in [0.05, 0.1) is 12.7 Å². The van der Waals surface area contributed by atoms with Crippen LogP contribution < -0.4 is 0 Å². The Kier molecular flexibility index (Phi) is 34.4. The molecule has 362 valence electrons. The Hall–Kier alpha value is -3.53. The summed E-state index contributed by atoms with van der Waals surface area (Å²) < 4.78 is 33.4. The van der Waals surface area contributed by atoms with Crippen LogP contribution in [0.2, 0.25) is 0 Å². The lowest BCUT2D eigenvalue weighted by atomic mass is 9.85. The van der Waals surface area contributed by atoms with Gasteiger partial charge in [-0.3, -0.25) is 18.6 Å². The van der Waals surface area contributed by atoms with Gasteiger partial charge in [0.2, 0.25) is 0 Å². The number of hydrogen-bond acceptors (Lipinski definition) is 13. The lowest BCUT2D eigenvalue weighted by molar-refractivity contribution is -0.220. The van der Waals surface area contributed by atoms with E-state index in [4.69, 9.17) is 18.5 Å². The molecule has 0 heterocycles. The first-order valence-corrected chi connectivity index (χ1v) is 24.3. The van der Waals surface area contributed by atoms with Gasteiger partial charge in [-0.2, -0.15) is 0 Å². The Balaban J connectivity index is 2.56. The average molecular weight is 921 g/mol. The predicted molar refractivity (Wildman–Crippen MR) is 250 cm³/mol. The van der Waals surface area contributed by atoms with Gasteiger partial charge < -0.3 is 45.0 Å². The number of unbranched alkanes of at least 4 members (excludes halogenated alkanes) is 5. The molecule has 14 nitrogen and oxygen atoms in total. The topological polar surface area (TPSA) is 230 Å². The van der Waals surface area contributed by atoms with Gasteiger partial charge in [-0.1, -0.05) is 142 Å². The molecule has 0 aromatic heterocycles. The Morgan fingerprint density at radius 3 is 1.67 bits per heavy atom. The van der Waals surface area contributed by atoms with Crippen LogP contribution in [0.25, 0.3) is 0 Å². The van der Waals surface area contributed by atoms with E-state index in [0.717, 1.165) is 64.2 Å². The second-order valence-electron chi connectivity index (χ2n) is 15.3. The molecule has 9 atom stereocenters. The van der Waals surface area contributed by atoms with Gasteiger partial charge in [-0.25, -0.2) is 4.57 Å². The normalized spacial score (nSPS) is 23.1. The van der Waals surface area contributed by atoms with Gasteiger partial charge in [0, 0.05) is 12.8 Å². The van der Waals surface area contributed by atoms with Crippen molar-refractivity contribution in [3.8, 4) is 0 Å². The Morgan fingerprint density at radius 1 is 0.562 bits per heavy atom. The Labute approximate surface area is 381 Å². The number of aliphatic hydroxyl groups excluding tert-OH is 6. The summed E-state index contributed by atoms with van der Waals surface area (Å²) in [6, 6.07) is 0. The molecule has 1 saturated carbocycles. The highest BCUT2D eigenvalue weighted by Gasteiger charge is 2.51. The van der Waals surface area contributed by atoms with E-state index in [1.807, 2.05) is 54.7 Å². The van der Waals surface area contributed by atoms with Crippen molar-refractivity contribution in [2.45, 2.75) is 172 Å². The number of phosphoric ester groups is 1. The van der Waals surface area contributed by atoms with Crippen LogP contribution in [0.15, 0.2) is 109 Å². The largest absolute Gasteiger partial charge is 0.472 e. The van der Waals surface area contributed by atoms with Gasteiger partial charge in [0.15, 0.2) is 6.10 Å². The van der Waals surface area contributed by atoms with E-state index < -0.39 is 81.8 Å². The highest BCUT2D eigenvalue weighted by molar-refractivity contribution is 7.47. The van der Waals surface area contributed by atoms with Gasteiger partial charge >= 0.3 is 19.8 Å². The summed E-state index contributed by atoms with van der Waals surface area (Å²) >= 11 is 0. The van der Waals surface area contributed by atoms with Crippen molar-refractivity contribution in [2.24, 2.45) is 0 Å². The van der Waals surface area contributed by atoms with Crippen molar-refractivity contribution in [3.05, 3.63) is 109 Å². The first-order valence-electron chi connectivity index (χ1n) is 22.8. The average Bonchev–Trinajstić information content (AvgIpc) is 3.27. The fourth-order valence-corrected chi connectivity index (χ4v) is 7.03. The molecule has 15 heteroatoms. The maximum atomic E-state index is 12.8. The molecule has 1 rings (SSSR count). The SMILES string of the molecule is CC/C=C\C/C=C\C/C=C\CCCCCCCC(=O)O[C@H](COC(=O)CC/C=C\C/C=C\C/C=C\C=C\C(O)C/C=C\C/C=C\CC)COP(=O)(O)OC1[C@H](O)[C@H](O)C(O)[C@H](O)[C@H]1O. The zero-order chi connectivity index (χ0) is 47.3. The molecule has 0 saturated heterocycles. The minimum atomic E-state index is -5.16. The lowest BCUT2D eigenvalue weighted by Crippen LogP contribution is -2.64. The Morgan fingerprint density at radius 2 is 1.06 bits per heavy atom. The highest BCUT2D eigenvalue weighted by atomic mass is 31.2. The zero-order valence-electron chi connectivity index (χ0n) is 37.9. The first kappa shape index (κ1) is 58.5. The van der Waals surface area contributed by atoms with E-state index in [0.29, 0.717) is 32.1 Å². The van der Waals surface area contributed by atoms with E-state index in [1.54, 1.807) is 6.08 Å². The summed E-state index contributed by atoms with van der Waals surface area (Å²) in [4.78, 5) is 35.7. The molecular weight excluding hydrogens is 843 g/mol. The number of rotatable bonds is 35. The van der Waals surface area contributed by atoms with Crippen LogP contribution in [0.3, 0.4) is 0 Å². The van der Waals surface area contributed by atoms with Crippen LogP contribution in [0.4, 0.5) is 0 Å². The maximum absolute atomic E-state index is 12.8. The zero-order valence-corrected chi connectivity index (χ0v) is 38.8. The van der Waals surface area contributed by atoms with E-state index in [-0.39, 0.29) is 12.8 Å². The number of phosphoric acid groups is 1. The number of hydrogen-bond donors (Lipinski definition) is 7.